The van der Waals surface area contributed by atoms with Gasteiger partial charge in [0, 0.05) is 11.5 Å². The Balaban J connectivity index is 2.02. The van der Waals surface area contributed by atoms with Gasteiger partial charge in [0.05, 0.1) is 37.3 Å². The number of aromatic nitrogens is 3. The molecule has 102 valence electrons. The monoisotopic (exact) mass is 269 g/mol. The molecular weight excluding hydrogens is 254 g/mol. The summed E-state index contributed by atoms with van der Waals surface area (Å²) in [5.41, 5.74) is 5.88. The van der Waals surface area contributed by atoms with E-state index in [0.29, 0.717) is 0 Å². The minimum Gasteiger partial charge on any atom is -0.493 e. The predicted molar refractivity (Wildman–Crippen MR) is 76.4 cm³/mol. The maximum atomic E-state index is 5.40. The fourth-order valence-corrected chi connectivity index (χ4v) is 3.03. The molecule has 0 spiro atoms. The molecule has 1 aromatic carbocycles. The fourth-order valence-electron chi connectivity index (χ4n) is 3.03. The number of aromatic amines is 2. The van der Waals surface area contributed by atoms with Gasteiger partial charge in [-0.3, -0.25) is 5.10 Å². The molecule has 0 saturated carbocycles. The molecule has 0 saturated heterocycles. The number of aryl methyl sites for hydroxylation is 2. The highest BCUT2D eigenvalue weighted by atomic mass is 16.5. The molecule has 1 aliphatic carbocycles. The van der Waals surface area contributed by atoms with Crippen molar-refractivity contribution in [1.29, 1.82) is 0 Å². The summed E-state index contributed by atoms with van der Waals surface area (Å²) >= 11 is 0. The van der Waals surface area contributed by atoms with Crippen LogP contribution in [0.3, 0.4) is 0 Å². The van der Waals surface area contributed by atoms with Gasteiger partial charge >= 0.3 is 0 Å². The van der Waals surface area contributed by atoms with Crippen molar-refractivity contribution in [3.05, 3.63) is 29.5 Å². The quantitative estimate of drug-likeness (QED) is 0.751. The Labute approximate surface area is 115 Å². The largest absolute Gasteiger partial charge is 0.493 e. The first kappa shape index (κ1) is 11.4. The molecule has 0 radical (unpaired) electrons. The molecule has 20 heavy (non-hydrogen) atoms. The number of methoxy groups -OCH3 is 2. The Morgan fingerprint density at radius 3 is 2.65 bits per heavy atom. The number of benzene rings is 1. The lowest BCUT2D eigenvalue weighted by Crippen LogP contribution is -2.00. The molecule has 0 aliphatic heterocycles. The van der Waals surface area contributed by atoms with Crippen molar-refractivity contribution in [3.8, 4) is 22.9 Å². The fraction of sp³-hybridized carbons (Fsp3) is 0.267. The van der Waals surface area contributed by atoms with Crippen LogP contribution >= 0.6 is 0 Å². The molecule has 5 nitrogen and oxygen atoms in total. The Morgan fingerprint density at radius 2 is 1.85 bits per heavy atom. The van der Waals surface area contributed by atoms with Crippen LogP contribution in [0.5, 0.6) is 11.5 Å². The molecule has 0 amide bonds. The summed E-state index contributed by atoms with van der Waals surface area (Å²) in [6.07, 6.45) is 3.93. The molecule has 2 heterocycles. The number of hydrogen-bond donors (Lipinski definition) is 2. The molecule has 0 atom stereocenters. The summed E-state index contributed by atoms with van der Waals surface area (Å²) in [6.45, 7) is 0. The number of rotatable bonds is 2. The summed E-state index contributed by atoms with van der Waals surface area (Å²) in [4.78, 5) is 3.48. The van der Waals surface area contributed by atoms with Crippen LogP contribution in [0.4, 0.5) is 0 Å². The summed E-state index contributed by atoms with van der Waals surface area (Å²) < 4.78 is 10.8. The van der Waals surface area contributed by atoms with Gasteiger partial charge in [-0.15, -0.1) is 0 Å². The van der Waals surface area contributed by atoms with E-state index in [1.807, 2.05) is 18.3 Å². The van der Waals surface area contributed by atoms with Crippen molar-refractivity contribution >= 4 is 10.9 Å². The zero-order chi connectivity index (χ0) is 13.7. The van der Waals surface area contributed by atoms with E-state index in [0.717, 1.165) is 41.2 Å². The van der Waals surface area contributed by atoms with Crippen LogP contribution in [-0.2, 0) is 12.8 Å². The van der Waals surface area contributed by atoms with Crippen LogP contribution < -0.4 is 9.47 Å². The first-order valence-electron chi connectivity index (χ1n) is 6.61. The van der Waals surface area contributed by atoms with Gasteiger partial charge in [0.2, 0.25) is 0 Å². The van der Waals surface area contributed by atoms with Crippen LogP contribution in [0.15, 0.2) is 18.3 Å². The second-order valence-corrected chi connectivity index (χ2v) is 5.00. The number of nitrogens with zero attached hydrogens (tertiary/aromatic N) is 1. The molecule has 1 aliphatic rings. The Bertz CT molecular complexity index is 801. The second-order valence-electron chi connectivity index (χ2n) is 5.00. The molecule has 2 aromatic heterocycles. The first-order chi connectivity index (χ1) is 9.81. The van der Waals surface area contributed by atoms with Crippen LogP contribution in [-0.4, -0.2) is 29.4 Å². The molecule has 2 N–H and O–H groups in total. The van der Waals surface area contributed by atoms with Crippen molar-refractivity contribution in [1.82, 2.24) is 15.2 Å². The number of nitrogens with one attached hydrogen (secondary N) is 2. The number of H-pyrrole nitrogens is 2. The normalized spacial score (nSPS) is 13.1. The van der Waals surface area contributed by atoms with E-state index in [1.54, 1.807) is 14.2 Å². The average Bonchev–Trinajstić information content (AvgIpc) is 3.08. The summed E-state index contributed by atoms with van der Waals surface area (Å²) in [5, 5.41) is 8.43. The molecule has 3 aromatic rings. The maximum absolute atomic E-state index is 5.40. The van der Waals surface area contributed by atoms with E-state index >= 15 is 0 Å². The molecule has 4 rings (SSSR count). The van der Waals surface area contributed by atoms with E-state index in [9.17, 15) is 0 Å². The van der Waals surface area contributed by atoms with Crippen LogP contribution in [0.1, 0.15) is 11.1 Å². The molecule has 0 unspecified atom stereocenters. The lowest BCUT2D eigenvalue weighted by atomic mass is 9.94. The van der Waals surface area contributed by atoms with Gasteiger partial charge in [0.15, 0.2) is 11.5 Å². The van der Waals surface area contributed by atoms with Crippen molar-refractivity contribution in [2.45, 2.75) is 12.8 Å². The third-order valence-corrected chi connectivity index (χ3v) is 4.02. The van der Waals surface area contributed by atoms with Gasteiger partial charge in [-0.05, 0) is 30.0 Å². The molecular formula is C15H15N3O2. The lowest BCUT2D eigenvalue weighted by Gasteiger charge is -2.11. The Kier molecular flexibility index (Phi) is 2.30. The topological polar surface area (TPSA) is 62.9 Å². The van der Waals surface area contributed by atoms with E-state index < -0.39 is 0 Å². The van der Waals surface area contributed by atoms with E-state index in [2.05, 4.69) is 15.2 Å². The van der Waals surface area contributed by atoms with Gasteiger partial charge < -0.3 is 14.5 Å². The van der Waals surface area contributed by atoms with Crippen molar-refractivity contribution in [3.63, 3.8) is 0 Å². The molecule has 0 fully saturated rings. The van der Waals surface area contributed by atoms with Crippen LogP contribution in [0.25, 0.3) is 22.3 Å². The number of ether oxygens (including phenoxy) is 2. The lowest BCUT2D eigenvalue weighted by molar-refractivity contribution is 0.356. The maximum Gasteiger partial charge on any atom is 0.162 e. The first-order valence-corrected chi connectivity index (χ1v) is 6.61. The van der Waals surface area contributed by atoms with Gasteiger partial charge in [0.1, 0.15) is 0 Å². The summed E-state index contributed by atoms with van der Waals surface area (Å²) in [7, 11) is 3.31. The van der Waals surface area contributed by atoms with Gasteiger partial charge in [-0.2, -0.15) is 5.10 Å². The third-order valence-electron chi connectivity index (χ3n) is 4.02. The summed E-state index contributed by atoms with van der Waals surface area (Å²) in [5.74, 6) is 1.50. The van der Waals surface area contributed by atoms with Gasteiger partial charge in [0.25, 0.3) is 0 Å². The van der Waals surface area contributed by atoms with Crippen LogP contribution in [0.2, 0.25) is 0 Å². The minimum atomic E-state index is 0.739. The van der Waals surface area contributed by atoms with Crippen LogP contribution in [0, 0.1) is 0 Å². The molecule has 0 bridgehead atoms. The third kappa shape index (κ3) is 1.40. The number of hydrogen-bond acceptors (Lipinski definition) is 3. The van der Waals surface area contributed by atoms with Gasteiger partial charge in [-0.1, -0.05) is 0 Å². The Morgan fingerprint density at radius 1 is 1.05 bits per heavy atom. The number of fused-ring (bicyclic) bond motifs is 5. The Hall–Kier alpha value is -2.43. The molecule has 5 heteroatoms. The SMILES string of the molecule is COc1cc2[nH]c3c(c2cc1OC)CCc1cn[nH]c1-3. The highest BCUT2D eigenvalue weighted by Gasteiger charge is 2.23. The highest BCUT2D eigenvalue weighted by Crippen LogP contribution is 2.40. The smallest absolute Gasteiger partial charge is 0.162 e. The zero-order valence-corrected chi connectivity index (χ0v) is 11.4. The van der Waals surface area contributed by atoms with Gasteiger partial charge in [-0.25, -0.2) is 0 Å². The summed E-state index contributed by atoms with van der Waals surface area (Å²) in [6, 6.07) is 4.04. The van der Waals surface area contributed by atoms with Crippen molar-refractivity contribution in [2.75, 3.05) is 14.2 Å². The van der Waals surface area contributed by atoms with E-state index in [4.69, 9.17) is 9.47 Å². The van der Waals surface area contributed by atoms with Crippen molar-refractivity contribution in [2.24, 2.45) is 0 Å². The second kappa shape index (κ2) is 4.03. The highest BCUT2D eigenvalue weighted by molar-refractivity contribution is 5.93. The minimum absolute atomic E-state index is 0.739. The van der Waals surface area contributed by atoms with E-state index in [-0.39, 0.29) is 0 Å². The predicted octanol–water partition coefficient (Wildman–Crippen LogP) is 2.67. The van der Waals surface area contributed by atoms with Crippen molar-refractivity contribution < 1.29 is 9.47 Å². The van der Waals surface area contributed by atoms with E-state index in [1.165, 1.54) is 16.5 Å². The average molecular weight is 269 g/mol. The zero-order valence-electron chi connectivity index (χ0n) is 11.4. The standard InChI is InChI=1S/C15H15N3O2/c1-19-12-5-10-9-4-3-8-7-16-18-14(8)15(9)17-11(10)6-13(12)20-2/h5-7,17H,3-4H2,1-2H3,(H,16,18).